The summed E-state index contributed by atoms with van der Waals surface area (Å²) >= 11 is 0. The molecule has 0 aromatic heterocycles. The van der Waals surface area contributed by atoms with Crippen molar-refractivity contribution in [1.29, 1.82) is 0 Å². The molecule has 112 valence electrons. The van der Waals surface area contributed by atoms with Gasteiger partial charge in [0.2, 0.25) is 0 Å². The average Bonchev–Trinajstić information content (AvgIpc) is 2.84. The lowest BCUT2D eigenvalue weighted by atomic mass is 9.77. The van der Waals surface area contributed by atoms with E-state index in [1.807, 2.05) is 13.0 Å². The van der Waals surface area contributed by atoms with Crippen molar-refractivity contribution in [3.05, 3.63) is 35.1 Å². The first-order valence-electron chi connectivity index (χ1n) is 8.03. The van der Waals surface area contributed by atoms with Crippen LogP contribution in [0.5, 0.6) is 0 Å². The van der Waals surface area contributed by atoms with Crippen molar-refractivity contribution in [3.63, 3.8) is 0 Å². The highest BCUT2D eigenvalue weighted by molar-refractivity contribution is 5.27. The van der Waals surface area contributed by atoms with Gasteiger partial charge in [-0.15, -0.1) is 0 Å². The molecule has 1 fully saturated rings. The summed E-state index contributed by atoms with van der Waals surface area (Å²) in [5.41, 5.74) is 2.76. The van der Waals surface area contributed by atoms with E-state index in [0.717, 1.165) is 24.9 Å². The maximum absolute atomic E-state index is 13.2. The van der Waals surface area contributed by atoms with Crippen molar-refractivity contribution in [2.75, 3.05) is 6.54 Å². The first-order chi connectivity index (χ1) is 9.55. The molecule has 1 N–H and O–H groups in total. The standard InChI is InChI=1S/C18H28FN/c1-4-11-20-17(18(3)9-5-6-10-18)13-15-7-8-16(19)12-14(15)2/h7-8,12,17,20H,4-6,9-11,13H2,1-3H3. The monoisotopic (exact) mass is 277 g/mol. The molecule has 1 atom stereocenters. The van der Waals surface area contributed by atoms with Crippen molar-refractivity contribution in [2.24, 2.45) is 5.41 Å². The predicted octanol–water partition coefficient (Wildman–Crippen LogP) is 4.63. The lowest BCUT2D eigenvalue weighted by molar-refractivity contribution is 0.219. The van der Waals surface area contributed by atoms with Crippen LogP contribution in [0.25, 0.3) is 0 Å². The molecular weight excluding hydrogens is 249 g/mol. The van der Waals surface area contributed by atoms with Crippen LogP contribution >= 0.6 is 0 Å². The Balaban J connectivity index is 2.14. The molecule has 20 heavy (non-hydrogen) atoms. The molecule has 1 aliphatic carbocycles. The molecule has 1 aromatic rings. The molecule has 0 heterocycles. The van der Waals surface area contributed by atoms with Crippen LogP contribution < -0.4 is 5.32 Å². The van der Waals surface area contributed by atoms with Gasteiger partial charge in [-0.3, -0.25) is 0 Å². The third-order valence-corrected chi connectivity index (χ3v) is 4.96. The fraction of sp³-hybridized carbons (Fsp3) is 0.667. The zero-order valence-electron chi connectivity index (χ0n) is 13.1. The van der Waals surface area contributed by atoms with Gasteiger partial charge in [0.25, 0.3) is 0 Å². The van der Waals surface area contributed by atoms with Crippen molar-refractivity contribution >= 4 is 0 Å². The number of aryl methyl sites for hydroxylation is 1. The van der Waals surface area contributed by atoms with Gasteiger partial charge in [0, 0.05) is 6.04 Å². The molecule has 0 saturated heterocycles. The second kappa shape index (κ2) is 6.71. The number of hydrogen-bond donors (Lipinski definition) is 1. The van der Waals surface area contributed by atoms with E-state index >= 15 is 0 Å². The summed E-state index contributed by atoms with van der Waals surface area (Å²) in [7, 11) is 0. The molecule has 0 bridgehead atoms. The van der Waals surface area contributed by atoms with Gasteiger partial charge in [-0.25, -0.2) is 4.39 Å². The van der Waals surface area contributed by atoms with E-state index in [1.54, 1.807) is 12.1 Å². The fourth-order valence-electron chi connectivity index (χ4n) is 3.52. The highest BCUT2D eigenvalue weighted by Crippen LogP contribution is 2.41. The molecule has 0 spiro atoms. The number of benzene rings is 1. The largest absolute Gasteiger partial charge is 0.313 e. The molecule has 2 heteroatoms. The zero-order chi connectivity index (χ0) is 14.6. The predicted molar refractivity (Wildman–Crippen MR) is 83.5 cm³/mol. The summed E-state index contributed by atoms with van der Waals surface area (Å²) in [6.07, 6.45) is 7.51. The maximum Gasteiger partial charge on any atom is 0.123 e. The number of nitrogens with one attached hydrogen (secondary N) is 1. The summed E-state index contributed by atoms with van der Waals surface area (Å²) < 4.78 is 13.2. The number of halogens is 1. The Kier molecular flexibility index (Phi) is 5.20. The van der Waals surface area contributed by atoms with Gasteiger partial charge in [-0.1, -0.05) is 32.8 Å². The Hall–Kier alpha value is -0.890. The maximum atomic E-state index is 13.2. The van der Waals surface area contributed by atoms with Gasteiger partial charge < -0.3 is 5.32 Å². The van der Waals surface area contributed by atoms with E-state index in [2.05, 4.69) is 19.2 Å². The normalized spacial score (nSPS) is 19.2. The molecule has 1 aliphatic rings. The highest BCUT2D eigenvalue weighted by Gasteiger charge is 2.36. The SMILES string of the molecule is CCCNC(Cc1ccc(F)cc1C)C1(C)CCCC1. The molecule has 0 aliphatic heterocycles. The summed E-state index contributed by atoms with van der Waals surface area (Å²) in [5, 5.41) is 3.75. The summed E-state index contributed by atoms with van der Waals surface area (Å²) in [6, 6.07) is 5.72. The Labute approximate surface area is 123 Å². The van der Waals surface area contributed by atoms with Crippen LogP contribution in [-0.4, -0.2) is 12.6 Å². The minimum Gasteiger partial charge on any atom is -0.313 e. The Morgan fingerprint density at radius 1 is 1.30 bits per heavy atom. The fourth-order valence-corrected chi connectivity index (χ4v) is 3.52. The van der Waals surface area contributed by atoms with Crippen molar-refractivity contribution in [3.8, 4) is 0 Å². The Bertz CT molecular complexity index is 435. The van der Waals surface area contributed by atoms with Crippen molar-refractivity contribution in [2.45, 2.75) is 65.3 Å². The molecule has 0 amide bonds. The van der Waals surface area contributed by atoms with E-state index in [0.29, 0.717) is 11.5 Å². The third-order valence-electron chi connectivity index (χ3n) is 4.96. The average molecular weight is 277 g/mol. The van der Waals surface area contributed by atoms with Gasteiger partial charge in [0.1, 0.15) is 5.82 Å². The highest BCUT2D eigenvalue weighted by atomic mass is 19.1. The lowest BCUT2D eigenvalue weighted by Gasteiger charge is -2.35. The van der Waals surface area contributed by atoms with Gasteiger partial charge in [-0.2, -0.15) is 0 Å². The smallest absolute Gasteiger partial charge is 0.123 e. The molecule has 1 saturated carbocycles. The molecule has 1 nitrogen and oxygen atoms in total. The first kappa shape index (κ1) is 15.5. The first-order valence-corrected chi connectivity index (χ1v) is 8.03. The van der Waals surface area contributed by atoms with Crippen LogP contribution in [-0.2, 0) is 6.42 Å². The van der Waals surface area contributed by atoms with Crippen LogP contribution in [0.4, 0.5) is 4.39 Å². The molecule has 1 unspecified atom stereocenters. The zero-order valence-corrected chi connectivity index (χ0v) is 13.1. The van der Waals surface area contributed by atoms with E-state index in [1.165, 1.54) is 31.2 Å². The molecule has 1 aromatic carbocycles. The minimum absolute atomic E-state index is 0.128. The molecular formula is C18H28FN. The molecule has 0 radical (unpaired) electrons. The van der Waals surface area contributed by atoms with E-state index in [-0.39, 0.29) is 5.82 Å². The van der Waals surface area contributed by atoms with Gasteiger partial charge >= 0.3 is 0 Å². The van der Waals surface area contributed by atoms with Gasteiger partial charge in [0.05, 0.1) is 0 Å². The van der Waals surface area contributed by atoms with Gasteiger partial charge in [-0.05, 0) is 67.8 Å². The summed E-state index contributed by atoms with van der Waals surface area (Å²) in [6.45, 7) is 7.73. The quantitative estimate of drug-likeness (QED) is 0.799. The van der Waals surface area contributed by atoms with Crippen molar-refractivity contribution < 1.29 is 4.39 Å². The number of rotatable bonds is 6. The van der Waals surface area contributed by atoms with E-state index in [9.17, 15) is 4.39 Å². The van der Waals surface area contributed by atoms with E-state index in [4.69, 9.17) is 0 Å². The van der Waals surface area contributed by atoms with E-state index < -0.39 is 0 Å². The van der Waals surface area contributed by atoms with Gasteiger partial charge in [0.15, 0.2) is 0 Å². The molecule has 2 rings (SSSR count). The van der Waals surface area contributed by atoms with Crippen LogP contribution in [0.1, 0.15) is 57.1 Å². The Morgan fingerprint density at radius 2 is 2.00 bits per heavy atom. The van der Waals surface area contributed by atoms with Crippen LogP contribution in [0, 0.1) is 18.2 Å². The topological polar surface area (TPSA) is 12.0 Å². The van der Waals surface area contributed by atoms with Crippen LogP contribution in [0.15, 0.2) is 18.2 Å². The second-order valence-electron chi connectivity index (χ2n) is 6.64. The Morgan fingerprint density at radius 3 is 2.60 bits per heavy atom. The van der Waals surface area contributed by atoms with Crippen molar-refractivity contribution in [1.82, 2.24) is 5.32 Å². The van der Waals surface area contributed by atoms with Crippen LogP contribution in [0.2, 0.25) is 0 Å². The summed E-state index contributed by atoms with van der Waals surface area (Å²) in [5.74, 6) is -0.128. The second-order valence-corrected chi connectivity index (χ2v) is 6.64. The summed E-state index contributed by atoms with van der Waals surface area (Å²) in [4.78, 5) is 0. The van der Waals surface area contributed by atoms with Crippen LogP contribution in [0.3, 0.4) is 0 Å². The lowest BCUT2D eigenvalue weighted by Crippen LogP contribution is -2.44. The third kappa shape index (κ3) is 3.60. The minimum atomic E-state index is -0.128. The number of hydrogen-bond acceptors (Lipinski definition) is 1.